The van der Waals surface area contributed by atoms with E-state index in [1.54, 1.807) is 13.8 Å². The van der Waals surface area contributed by atoms with Gasteiger partial charge in [-0.05, 0) is 23.8 Å². The maximum Gasteiger partial charge on any atom is 0.348 e. The van der Waals surface area contributed by atoms with Crippen LogP contribution in [0, 0.1) is 34.5 Å². The van der Waals surface area contributed by atoms with E-state index in [1.807, 2.05) is 0 Å². The number of aliphatic hydroxyl groups excluding tert-OH is 6. The standard InChI is InChI=1S/C29H38O16/c1-9-11-5-14-28-8-41-29(26(39)40-4,22(28)20(24(38)45-14)42-10(2)31)23(37)19(36)21(28)27(11,3)6-12(15(9)32)43-25-18(35)17(34)16(33)13(7-30)44-25/h6,9,11,13-14,16-23,25,30,33-37H,5,7-8H2,1-4H3/t9?,11?,13-,14-,16-,17+,18-,19?,20-,21?,22-,23?,25-,27+,28-,29+/m1/s1. The highest BCUT2D eigenvalue weighted by Crippen LogP contribution is 2.72. The highest BCUT2D eigenvalue weighted by atomic mass is 16.7. The van der Waals surface area contributed by atoms with Gasteiger partial charge < -0.3 is 59.1 Å². The van der Waals surface area contributed by atoms with Crippen molar-refractivity contribution in [3.05, 3.63) is 11.8 Å². The van der Waals surface area contributed by atoms with E-state index >= 15 is 0 Å². The fourth-order valence-corrected chi connectivity index (χ4v) is 9.36. The summed E-state index contributed by atoms with van der Waals surface area (Å²) in [5.74, 6) is -7.70. The van der Waals surface area contributed by atoms with E-state index in [9.17, 15) is 49.8 Å². The average molecular weight is 643 g/mol. The molecule has 6 aliphatic rings. The number of hydrogen-bond acceptors (Lipinski definition) is 16. The van der Waals surface area contributed by atoms with Crippen molar-refractivity contribution in [3.63, 3.8) is 0 Å². The Balaban J connectivity index is 1.49. The zero-order valence-electron chi connectivity index (χ0n) is 25.0. The largest absolute Gasteiger partial charge is 0.467 e. The number of methoxy groups -OCH3 is 1. The van der Waals surface area contributed by atoms with Crippen LogP contribution in [0.1, 0.15) is 27.2 Å². The molecule has 0 aromatic carbocycles. The smallest absolute Gasteiger partial charge is 0.348 e. The minimum absolute atomic E-state index is 0.0577. The van der Waals surface area contributed by atoms with Crippen molar-refractivity contribution in [2.45, 2.75) is 87.9 Å². The molecule has 3 saturated heterocycles. The van der Waals surface area contributed by atoms with Crippen LogP contribution in [-0.4, -0.2) is 135 Å². The number of allylic oxidation sites excluding steroid dienone is 2. The SMILES string of the molecule is COC(=O)[C@@]12OC[C@]34C(C(O)C1O)[C@@]1(C)C=C(O[C@@H]5O[C@H](CO)[C@@H](O)[C@H](O)[C@H]5O)C(=O)C(C)C1C[C@H]3OC(=O)[C@H](OC(C)=O)[C@H]42. The van der Waals surface area contributed by atoms with Gasteiger partial charge in [-0.1, -0.05) is 13.8 Å². The maximum atomic E-state index is 13.7. The Morgan fingerprint density at radius 2 is 1.73 bits per heavy atom. The van der Waals surface area contributed by atoms with Crippen molar-refractivity contribution in [3.8, 4) is 0 Å². The molecule has 45 heavy (non-hydrogen) atoms. The summed E-state index contributed by atoms with van der Waals surface area (Å²) in [6.45, 7) is 3.33. The Labute approximate surface area is 256 Å². The monoisotopic (exact) mass is 642 g/mol. The number of Topliss-reactive ketones (excluding diaryl/α,β-unsaturated/α-hetero) is 1. The lowest BCUT2D eigenvalue weighted by atomic mass is 9.38. The lowest BCUT2D eigenvalue weighted by Gasteiger charge is -2.67. The Bertz CT molecular complexity index is 1310. The minimum atomic E-state index is -2.30. The molecule has 0 radical (unpaired) electrons. The third kappa shape index (κ3) is 4.06. The average Bonchev–Trinajstić information content (AvgIpc) is 3.30. The molecular formula is C29H38O16. The molecule has 3 aliphatic carbocycles. The first-order valence-corrected chi connectivity index (χ1v) is 14.8. The van der Waals surface area contributed by atoms with Crippen LogP contribution < -0.4 is 0 Å². The van der Waals surface area contributed by atoms with Crippen LogP contribution in [0.5, 0.6) is 0 Å². The van der Waals surface area contributed by atoms with Crippen LogP contribution in [0.4, 0.5) is 0 Å². The number of fused-ring (bicyclic) bond motifs is 2. The highest BCUT2D eigenvalue weighted by Gasteiger charge is 2.85. The van der Waals surface area contributed by atoms with E-state index in [2.05, 4.69) is 0 Å². The number of ketones is 1. The number of hydrogen-bond donors (Lipinski definition) is 6. The van der Waals surface area contributed by atoms with Crippen molar-refractivity contribution < 1.29 is 78.2 Å². The van der Waals surface area contributed by atoms with Gasteiger partial charge in [0.05, 0.1) is 32.3 Å². The molecule has 6 rings (SSSR count). The van der Waals surface area contributed by atoms with Gasteiger partial charge in [0, 0.05) is 24.2 Å². The lowest BCUT2D eigenvalue weighted by Crippen LogP contribution is -2.79. The molecule has 6 N–H and O–H groups in total. The number of ether oxygens (including phenoxy) is 6. The van der Waals surface area contributed by atoms with Gasteiger partial charge in [0.2, 0.25) is 18.0 Å². The van der Waals surface area contributed by atoms with Crippen LogP contribution in [0.2, 0.25) is 0 Å². The highest BCUT2D eigenvalue weighted by molar-refractivity contribution is 5.96. The first-order chi connectivity index (χ1) is 21.1. The second-order valence-corrected chi connectivity index (χ2v) is 13.2. The zero-order valence-corrected chi connectivity index (χ0v) is 25.0. The third-order valence-corrected chi connectivity index (χ3v) is 11.2. The van der Waals surface area contributed by atoms with Crippen molar-refractivity contribution in [1.82, 2.24) is 0 Å². The number of aliphatic hydroxyl groups is 6. The maximum absolute atomic E-state index is 13.7. The fraction of sp³-hybridized carbons (Fsp3) is 0.793. The summed E-state index contributed by atoms with van der Waals surface area (Å²) in [6, 6.07) is 0. The molecule has 16 atom stereocenters. The van der Waals surface area contributed by atoms with E-state index in [0.29, 0.717) is 0 Å². The summed E-state index contributed by atoms with van der Waals surface area (Å²) in [5.41, 5.74) is -5.00. The van der Waals surface area contributed by atoms with E-state index in [0.717, 1.165) is 14.0 Å². The first kappa shape index (κ1) is 32.2. The molecule has 3 heterocycles. The van der Waals surface area contributed by atoms with E-state index in [4.69, 9.17) is 28.4 Å². The predicted octanol–water partition coefficient (Wildman–Crippen LogP) is -3.31. The molecular weight excluding hydrogens is 604 g/mol. The molecule has 5 fully saturated rings. The molecule has 0 aromatic rings. The number of carbonyl (C=O) groups excluding carboxylic acids is 4. The van der Waals surface area contributed by atoms with Gasteiger partial charge in [-0.15, -0.1) is 0 Å². The Hall–Kier alpha value is -2.70. The molecule has 16 heteroatoms. The van der Waals surface area contributed by atoms with Gasteiger partial charge in [0.25, 0.3) is 0 Å². The van der Waals surface area contributed by atoms with Crippen LogP contribution in [0.15, 0.2) is 11.8 Å². The summed E-state index contributed by atoms with van der Waals surface area (Å²) < 4.78 is 33.6. The second kappa shape index (κ2) is 10.7. The van der Waals surface area contributed by atoms with E-state index in [-0.39, 0.29) is 18.8 Å². The topological polar surface area (TPSA) is 245 Å². The van der Waals surface area contributed by atoms with Gasteiger partial charge in [-0.2, -0.15) is 0 Å². The molecule has 3 aliphatic heterocycles. The Morgan fingerprint density at radius 3 is 2.36 bits per heavy atom. The second-order valence-electron chi connectivity index (χ2n) is 13.2. The Morgan fingerprint density at radius 1 is 1.04 bits per heavy atom. The van der Waals surface area contributed by atoms with Crippen LogP contribution in [0.3, 0.4) is 0 Å². The van der Waals surface area contributed by atoms with Crippen LogP contribution in [0.25, 0.3) is 0 Å². The number of esters is 3. The molecule has 2 bridgehead atoms. The van der Waals surface area contributed by atoms with E-state index in [1.165, 1.54) is 6.08 Å². The van der Waals surface area contributed by atoms with Crippen LogP contribution in [-0.2, 0) is 47.6 Å². The number of carbonyl (C=O) groups is 4. The van der Waals surface area contributed by atoms with Gasteiger partial charge >= 0.3 is 17.9 Å². The lowest BCUT2D eigenvalue weighted by molar-refractivity contribution is -0.296. The van der Waals surface area contributed by atoms with Crippen molar-refractivity contribution in [2.75, 3.05) is 20.3 Å². The third-order valence-electron chi connectivity index (χ3n) is 11.2. The summed E-state index contributed by atoms with van der Waals surface area (Å²) in [6.07, 6.45) is -13.2. The van der Waals surface area contributed by atoms with Crippen molar-refractivity contribution in [1.29, 1.82) is 0 Å². The predicted molar refractivity (Wildman–Crippen MR) is 141 cm³/mol. The molecule has 16 nitrogen and oxygen atoms in total. The summed E-state index contributed by atoms with van der Waals surface area (Å²) in [4.78, 5) is 52.7. The molecule has 0 aromatic heterocycles. The normalized spacial score (nSPS) is 51.7. The zero-order chi connectivity index (χ0) is 33.0. The number of rotatable bonds is 5. The van der Waals surface area contributed by atoms with Crippen molar-refractivity contribution >= 4 is 23.7 Å². The molecule has 2 saturated carbocycles. The van der Waals surface area contributed by atoms with Gasteiger partial charge in [0.15, 0.2) is 11.5 Å². The molecule has 5 unspecified atom stereocenters. The van der Waals surface area contributed by atoms with E-state index < -0.39 is 126 Å². The van der Waals surface area contributed by atoms with Crippen molar-refractivity contribution in [2.24, 2.45) is 34.5 Å². The molecule has 0 amide bonds. The summed E-state index contributed by atoms with van der Waals surface area (Å²) in [7, 11) is 1.05. The Kier molecular flexibility index (Phi) is 7.64. The fourth-order valence-electron chi connectivity index (χ4n) is 9.36. The first-order valence-electron chi connectivity index (χ1n) is 14.8. The van der Waals surface area contributed by atoms with Gasteiger partial charge in [-0.25, -0.2) is 9.59 Å². The molecule has 1 spiro atoms. The minimum Gasteiger partial charge on any atom is -0.467 e. The summed E-state index contributed by atoms with van der Waals surface area (Å²) in [5, 5.41) is 64.2. The van der Waals surface area contributed by atoms with Gasteiger partial charge in [-0.3, -0.25) is 9.59 Å². The molecule has 250 valence electrons. The quantitative estimate of drug-likeness (QED) is 0.127. The van der Waals surface area contributed by atoms with Crippen LogP contribution >= 0.6 is 0 Å². The summed E-state index contributed by atoms with van der Waals surface area (Å²) >= 11 is 0. The van der Waals surface area contributed by atoms with Gasteiger partial charge in [0.1, 0.15) is 36.6 Å².